The molecule has 2 aromatic carbocycles. The predicted octanol–water partition coefficient (Wildman–Crippen LogP) is 3.36. The summed E-state index contributed by atoms with van der Waals surface area (Å²) in [6.45, 7) is 3.20. The number of rotatable bonds is 7. The molecule has 2 saturated heterocycles. The van der Waals surface area contributed by atoms with Crippen molar-refractivity contribution in [1.29, 1.82) is 0 Å². The number of methoxy groups -OCH3 is 1. The van der Waals surface area contributed by atoms with Crippen LogP contribution in [0.1, 0.15) is 42.6 Å². The minimum Gasteiger partial charge on any atom is -0.542 e. The van der Waals surface area contributed by atoms with Crippen LogP contribution in [0, 0.1) is 24.4 Å². The quantitative estimate of drug-likeness (QED) is 0.124. The summed E-state index contributed by atoms with van der Waals surface area (Å²) in [7, 11) is -3.18. The SMILES string of the molecule is COc1cc(/C=C2\O[C@@H](C)[C@H]3CC[C@@H](c4cc(F)c(F)c(F)c4)N3C2=O)ccc1-[n+]1cc(C)n(COP(=O)(O)O)c1.O=C([O-])C(F)(F)F. The second kappa shape index (κ2) is 14.0. The Balaban J connectivity index is 0.000000671. The van der Waals surface area contributed by atoms with E-state index in [1.807, 2.05) is 6.92 Å². The van der Waals surface area contributed by atoms with Crippen molar-refractivity contribution in [3.8, 4) is 11.4 Å². The van der Waals surface area contributed by atoms with E-state index in [1.54, 1.807) is 53.2 Å². The van der Waals surface area contributed by atoms with E-state index in [4.69, 9.17) is 29.2 Å². The number of phosphoric ester groups is 1. The van der Waals surface area contributed by atoms with E-state index in [-0.39, 0.29) is 24.1 Å². The molecule has 0 unspecified atom stereocenters. The maximum Gasteiger partial charge on any atom is 0.472 e. The molecule has 3 atom stereocenters. The van der Waals surface area contributed by atoms with Crippen molar-refractivity contribution in [2.24, 2.45) is 0 Å². The third-order valence-electron chi connectivity index (χ3n) is 7.54. The molecule has 1 amide bonds. The molecule has 5 rings (SSSR count). The van der Waals surface area contributed by atoms with Crippen molar-refractivity contribution in [1.82, 2.24) is 9.47 Å². The zero-order valence-electron chi connectivity index (χ0n) is 25.3. The number of ether oxygens (including phenoxy) is 2. The molecule has 19 heteroatoms. The van der Waals surface area contributed by atoms with Gasteiger partial charge in [0.15, 0.2) is 34.6 Å². The Morgan fingerprint density at radius 2 is 1.79 bits per heavy atom. The summed E-state index contributed by atoms with van der Waals surface area (Å²) < 4.78 is 103. The Bertz CT molecular complexity index is 1770. The average molecular weight is 708 g/mol. The van der Waals surface area contributed by atoms with Crippen LogP contribution in [-0.2, 0) is 30.1 Å². The molecule has 48 heavy (non-hydrogen) atoms. The number of carbonyl (C=O) groups is 2. The molecule has 0 radical (unpaired) electrons. The first kappa shape index (κ1) is 36.5. The number of phosphoric acid groups is 1. The molecule has 0 saturated carbocycles. The van der Waals surface area contributed by atoms with Crippen LogP contribution in [0.15, 0.2) is 48.6 Å². The normalized spacial score (nSPS) is 20.2. The number of morpholine rings is 1. The highest BCUT2D eigenvalue weighted by atomic mass is 31.2. The number of hydrogen-bond donors (Lipinski definition) is 2. The molecule has 0 aliphatic carbocycles. The molecule has 1 aromatic heterocycles. The first-order chi connectivity index (χ1) is 22.3. The number of imidazole rings is 1. The number of aliphatic carboxylic acids is 1. The number of carboxylic acids is 1. The van der Waals surface area contributed by atoms with Gasteiger partial charge in [-0.05, 0) is 61.2 Å². The maximum absolute atomic E-state index is 14.0. The molecule has 2 aliphatic rings. The highest BCUT2D eigenvalue weighted by molar-refractivity contribution is 7.46. The van der Waals surface area contributed by atoms with E-state index in [0.29, 0.717) is 35.5 Å². The summed E-state index contributed by atoms with van der Waals surface area (Å²) in [6.07, 6.45) is 0.281. The number of aryl methyl sites for hydroxylation is 1. The molecular formula is C29H28F6N3O9P. The molecule has 2 aliphatic heterocycles. The Labute approximate surface area is 268 Å². The van der Waals surface area contributed by atoms with Crippen LogP contribution in [0.25, 0.3) is 11.8 Å². The summed E-state index contributed by atoms with van der Waals surface area (Å²) in [5.41, 5.74) is 2.03. The van der Waals surface area contributed by atoms with Gasteiger partial charge in [-0.2, -0.15) is 17.7 Å². The van der Waals surface area contributed by atoms with Crippen LogP contribution >= 0.6 is 7.82 Å². The van der Waals surface area contributed by atoms with Gasteiger partial charge in [0.2, 0.25) is 6.73 Å². The zero-order chi connectivity index (χ0) is 35.7. The molecule has 0 bridgehead atoms. The molecule has 12 nitrogen and oxygen atoms in total. The fourth-order valence-corrected chi connectivity index (χ4v) is 5.62. The molecule has 0 spiro atoms. The lowest BCUT2D eigenvalue weighted by Gasteiger charge is -2.39. The number of fused-ring (bicyclic) bond motifs is 1. The number of benzene rings is 2. The van der Waals surface area contributed by atoms with Gasteiger partial charge in [0, 0.05) is 6.92 Å². The largest absolute Gasteiger partial charge is 0.542 e. The minimum atomic E-state index is -5.19. The summed E-state index contributed by atoms with van der Waals surface area (Å²) in [5.74, 6) is -7.15. The van der Waals surface area contributed by atoms with E-state index in [2.05, 4.69) is 4.52 Å². The van der Waals surface area contributed by atoms with Crippen LogP contribution in [0.2, 0.25) is 0 Å². The van der Waals surface area contributed by atoms with Gasteiger partial charge >= 0.3 is 14.0 Å². The Kier molecular flexibility index (Phi) is 10.6. The average Bonchev–Trinajstić information content (AvgIpc) is 3.61. The van der Waals surface area contributed by atoms with E-state index in [1.165, 1.54) is 11.7 Å². The van der Waals surface area contributed by atoms with Crippen molar-refractivity contribution in [2.75, 3.05) is 7.11 Å². The summed E-state index contributed by atoms with van der Waals surface area (Å²) in [5, 5.41) is 8.78. The standard InChI is InChI=1S/C27H27F3N3O7P.C2HF3O2/c1-15-12-31(13-32(15)14-39-41(35,36)37)23-5-4-17(8-24(23)38-3)9-25-27(34)33-21(16(2)40-25)6-7-22(33)18-10-19(28)26(30)20(29)11-18;3-2(4,5)1(6)7/h4-5,8-13,16,21-22H,6-7,14H2,1-3H3,(H-,35,36,37);(H,6,7)/b25-9-;/t16-,21+,22-;/m0./s1. The fourth-order valence-electron chi connectivity index (χ4n) is 5.34. The van der Waals surface area contributed by atoms with Crippen LogP contribution in [0.4, 0.5) is 26.3 Å². The Hall–Kier alpha value is -4.38. The second-order valence-electron chi connectivity index (χ2n) is 10.7. The highest BCUT2D eigenvalue weighted by Gasteiger charge is 2.46. The molecule has 2 N–H and O–H groups in total. The smallest absolute Gasteiger partial charge is 0.472 e. The van der Waals surface area contributed by atoms with Crippen LogP contribution in [0.3, 0.4) is 0 Å². The minimum absolute atomic E-state index is 0.0442. The number of carboxylic acid groups (broad SMARTS) is 1. The third-order valence-corrected chi connectivity index (χ3v) is 7.99. The number of alkyl halides is 3. The first-order valence-electron chi connectivity index (χ1n) is 13.9. The molecule has 3 heterocycles. The maximum atomic E-state index is 14.0. The van der Waals surface area contributed by atoms with E-state index >= 15 is 0 Å². The molecular weight excluding hydrogens is 679 g/mol. The monoisotopic (exact) mass is 707 g/mol. The predicted molar refractivity (Wildman–Crippen MR) is 149 cm³/mol. The lowest BCUT2D eigenvalue weighted by atomic mass is 10.0. The highest BCUT2D eigenvalue weighted by Crippen LogP contribution is 2.43. The Morgan fingerprint density at radius 3 is 2.35 bits per heavy atom. The van der Waals surface area contributed by atoms with E-state index < -0.39 is 55.5 Å². The van der Waals surface area contributed by atoms with Gasteiger partial charge in [-0.15, -0.1) is 0 Å². The second-order valence-corrected chi connectivity index (χ2v) is 12.0. The summed E-state index contributed by atoms with van der Waals surface area (Å²) in [6, 6.07) is 6.07. The number of amides is 1. The van der Waals surface area contributed by atoms with Crippen molar-refractivity contribution < 1.29 is 74.0 Å². The third kappa shape index (κ3) is 8.18. The van der Waals surface area contributed by atoms with E-state index in [0.717, 1.165) is 12.1 Å². The van der Waals surface area contributed by atoms with Gasteiger partial charge < -0.3 is 34.1 Å². The van der Waals surface area contributed by atoms with Crippen LogP contribution in [-0.4, -0.2) is 56.6 Å². The number of aromatic nitrogens is 2. The van der Waals surface area contributed by atoms with Crippen molar-refractivity contribution in [2.45, 2.75) is 57.8 Å². The molecule has 3 aromatic rings. The number of carbonyl (C=O) groups excluding carboxylic acids is 2. The van der Waals surface area contributed by atoms with Crippen molar-refractivity contribution >= 4 is 25.8 Å². The van der Waals surface area contributed by atoms with Crippen LogP contribution in [0.5, 0.6) is 5.75 Å². The number of halogens is 6. The van der Waals surface area contributed by atoms with E-state index in [9.17, 15) is 35.7 Å². The lowest BCUT2D eigenvalue weighted by Crippen LogP contribution is -2.49. The van der Waals surface area contributed by atoms with Gasteiger partial charge in [0.25, 0.3) is 12.2 Å². The van der Waals surface area contributed by atoms with Crippen molar-refractivity contribution in [3.05, 3.63) is 82.9 Å². The van der Waals surface area contributed by atoms with Gasteiger partial charge in [-0.3, -0.25) is 4.79 Å². The Morgan fingerprint density at radius 1 is 1.17 bits per heavy atom. The summed E-state index contributed by atoms with van der Waals surface area (Å²) >= 11 is 0. The van der Waals surface area contributed by atoms with Gasteiger partial charge in [0.05, 0.1) is 19.2 Å². The van der Waals surface area contributed by atoms with Gasteiger partial charge in [-0.25, -0.2) is 26.8 Å². The lowest BCUT2D eigenvalue weighted by molar-refractivity contribution is -0.596. The zero-order valence-corrected chi connectivity index (χ0v) is 26.2. The number of hydrogen-bond acceptors (Lipinski definition) is 7. The molecule has 2 fully saturated rings. The van der Waals surface area contributed by atoms with Crippen molar-refractivity contribution in [3.63, 3.8) is 0 Å². The summed E-state index contributed by atoms with van der Waals surface area (Å²) in [4.78, 5) is 41.9. The first-order valence-corrected chi connectivity index (χ1v) is 15.4. The van der Waals surface area contributed by atoms with Gasteiger partial charge in [0.1, 0.15) is 24.0 Å². The topological polar surface area (TPSA) is 154 Å². The van der Waals surface area contributed by atoms with Crippen LogP contribution < -0.4 is 14.4 Å². The molecule has 260 valence electrons. The fraction of sp³-hybridized carbons (Fsp3) is 0.345. The number of nitrogens with zero attached hydrogens (tertiary/aromatic N) is 3. The van der Waals surface area contributed by atoms with Gasteiger partial charge in [-0.1, -0.05) is 6.07 Å².